The number of benzene rings is 1. The molecule has 0 N–H and O–H groups in total. The minimum atomic E-state index is -4.36. The highest BCUT2D eigenvalue weighted by Crippen LogP contribution is 2.30. The molecule has 8 heteroatoms. The number of carbonyl (C=O) groups excluding carboxylic acids is 1. The van der Waals surface area contributed by atoms with Crippen molar-refractivity contribution in [2.24, 2.45) is 0 Å². The van der Waals surface area contributed by atoms with E-state index >= 15 is 0 Å². The van der Waals surface area contributed by atoms with E-state index in [1.807, 2.05) is 0 Å². The molecule has 1 atom stereocenters. The molecule has 0 bridgehead atoms. The third kappa shape index (κ3) is 3.56. The van der Waals surface area contributed by atoms with Gasteiger partial charge in [-0.1, -0.05) is 6.42 Å². The zero-order valence-corrected chi connectivity index (χ0v) is 12.0. The first-order valence-electron chi connectivity index (χ1n) is 5.98. The van der Waals surface area contributed by atoms with E-state index in [-0.39, 0.29) is 5.78 Å². The van der Waals surface area contributed by atoms with Crippen LogP contribution in [0.1, 0.15) is 25.7 Å². The van der Waals surface area contributed by atoms with E-state index in [1.54, 1.807) is 0 Å². The zero-order valence-electron chi connectivity index (χ0n) is 10.3. The van der Waals surface area contributed by atoms with Gasteiger partial charge in [-0.05, 0) is 25.0 Å². The fourth-order valence-corrected chi connectivity index (χ4v) is 3.97. The number of carbonyl (C=O) groups is 1. The van der Waals surface area contributed by atoms with Crippen LogP contribution in [0.4, 0.5) is 8.78 Å². The predicted octanol–water partition coefficient (Wildman–Crippen LogP) is 2.83. The van der Waals surface area contributed by atoms with Crippen LogP contribution in [0, 0.1) is 11.6 Å². The summed E-state index contributed by atoms with van der Waals surface area (Å²) in [6, 6.07) is 2.09. The van der Waals surface area contributed by atoms with Crippen molar-refractivity contribution in [2.75, 3.05) is 0 Å². The van der Waals surface area contributed by atoms with Crippen molar-refractivity contribution < 1.29 is 25.6 Å². The van der Waals surface area contributed by atoms with Gasteiger partial charge in [0.1, 0.15) is 22.3 Å². The molecule has 0 aromatic heterocycles. The van der Waals surface area contributed by atoms with Crippen molar-refractivity contribution in [3.05, 3.63) is 29.8 Å². The molecule has 0 amide bonds. The average Bonchev–Trinajstić information content (AvgIpc) is 2.37. The first-order chi connectivity index (χ1) is 9.40. The minimum Gasteiger partial charge on any atom is -0.298 e. The molecule has 0 saturated heterocycles. The summed E-state index contributed by atoms with van der Waals surface area (Å²) in [5.74, 6) is -2.17. The fraction of sp³-hybridized carbons (Fsp3) is 0.417. The molecule has 1 aromatic carbocycles. The van der Waals surface area contributed by atoms with Gasteiger partial charge in [-0.2, -0.15) is 12.0 Å². The normalized spacial score (nSPS) is 20.1. The second-order valence-corrected chi connectivity index (χ2v) is 7.05. The smallest absolute Gasteiger partial charge is 0.298 e. The molecule has 0 heterocycles. The van der Waals surface area contributed by atoms with Crippen LogP contribution in [-0.2, 0) is 18.5 Å². The van der Waals surface area contributed by atoms with Gasteiger partial charge in [0, 0.05) is 24.5 Å². The maximum absolute atomic E-state index is 13.4. The molecule has 110 valence electrons. The summed E-state index contributed by atoms with van der Waals surface area (Å²) in [4.78, 5) is 10.8. The van der Waals surface area contributed by atoms with E-state index in [0.29, 0.717) is 31.0 Å². The Labute approximate surface area is 119 Å². The Bertz CT molecular complexity index is 616. The van der Waals surface area contributed by atoms with Gasteiger partial charge in [-0.3, -0.25) is 4.79 Å². The van der Waals surface area contributed by atoms with E-state index < -0.39 is 31.9 Å². The summed E-state index contributed by atoms with van der Waals surface area (Å²) in [6.07, 6.45) is 2.53. The molecule has 1 unspecified atom stereocenters. The summed E-state index contributed by atoms with van der Waals surface area (Å²) in [5.41, 5.74) is 0. The highest BCUT2D eigenvalue weighted by Gasteiger charge is 2.28. The lowest BCUT2D eigenvalue weighted by molar-refractivity contribution is -0.119. The Morgan fingerprint density at radius 3 is 2.65 bits per heavy atom. The summed E-state index contributed by atoms with van der Waals surface area (Å²) in [6.45, 7) is 0. The first kappa shape index (κ1) is 15.4. The van der Waals surface area contributed by atoms with E-state index in [0.717, 1.165) is 25.0 Å². The molecular weight excluding hydrogens is 310 g/mol. The van der Waals surface area contributed by atoms with Crippen molar-refractivity contribution >= 4 is 27.9 Å². The number of Topliss-reactive ketones (excluding diaryl/α,β-unsaturated/α-hetero) is 1. The number of rotatable bonds is 4. The van der Waals surface area contributed by atoms with Crippen molar-refractivity contribution in [1.29, 1.82) is 0 Å². The average molecular weight is 322 g/mol. The van der Waals surface area contributed by atoms with Crippen molar-refractivity contribution in [2.45, 2.75) is 35.8 Å². The maximum atomic E-state index is 13.4. The van der Waals surface area contributed by atoms with Gasteiger partial charge < -0.3 is 0 Å². The zero-order chi connectivity index (χ0) is 14.8. The predicted molar refractivity (Wildman–Crippen MR) is 69.5 cm³/mol. The summed E-state index contributed by atoms with van der Waals surface area (Å²) in [5, 5.41) is -0.554. The summed E-state index contributed by atoms with van der Waals surface area (Å²) < 4.78 is 54.4. The quantitative estimate of drug-likeness (QED) is 0.798. The maximum Gasteiger partial charge on any atom is 0.310 e. The Morgan fingerprint density at radius 2 is 2.00 bits per heavy atom. The lowest BCUT2D eigenvalue weighted by atomic mass is 9.99. The minimum absolute atomic E-state index is 0.0731. The lowest BCUT2D eigenvalue weighted by Crippen LogP contribution is -2.22. The number of halogens is 2. The Kier molecular flexibility index (Phi) is 4.77. The Hall–Kier alpha value is -0.990. The topological polar surface area (TPSA) is 60.4 Å². The van der Waals surface area contributed by atoms with Crippen LogP contribution >= 0.6 is 12.0 Å². The molecule has 0 spiro atoms. The standard InChI is InChI=1S/C12H12F2O4S2/c13-8-5-6-12(9(14)7-8)20(16,17)18-19-11-4-2-1-3-10(11)15/h5-7,11H,1-4H2. The largest absolute Gasteiger partial charge is 0.310 e. The van der Waals surface area contributed by atoms with Crippen LogP contribution in [-0.4, -0.2) is 19.5 Å². The van der Waals surface area contributed by atoms with Crippen LogP contribution < -0.4 is 0 Å². The second-order valence-electron chi connectivity index (χ2n) is 4.39. The van der Waals surface area contributed by atoms with Crippen LogP contribution in [0.15, 0.2) is 23.1 Å². The molecule has 1 fully saturated rings. The molecular formula is C12H12F2O4S2. The van der Waals surface area contributed by atoms with Crippen LogP contribution in [0.2, 0.25) is 0 Å². The first-order valence-corrected chi connectivity index (χ1v) is 8.19. The third-order valence-electron chi connectivity index (χ3n) is 2.91. The van der Waals surface area contributed by atoms with E-state index in [9.17, 15) is 22.0 Å². The van der Waals surface area contributed by atoms with Gasteiger partial charge in [0.25, 0.3) is 0 Å². The molecule has 1 aliphatic rings. The summed E-state index contributed by atoms with van der Waals surface area (Å²) >= 11 is 0.522. The van der Waals surface area contributed by atoms with E-state index in [1.165, 1.54) is 0 Å². The number of hydrogen-bond acceptors (Lipinski definition) is 5. The van der Waals surface area contributed by atoms with Gasteiger partial charge >= 0.3 is 10.1 Å². The van der Waals surface area contributed by atoms with Gasteiger partial charge in [-0.15, -0.1) is 0 Å². The molecule has 1 aliphatic carbocycles. The monoisotopic (exact) mass is 322 g/mol. The van der Waals surface area contributed by atoms with E-state index in [2.05, 4.69) is 3.63 Å². The fourth-order valence-electron chi connectivity index (χ4n) is 1.87. The van der Waals surface area contributed by atoms with Crippen molar-refractivity contribution in [1.82, 2.24) is 0 Å². The molecule has 0 aliphatic heterocycles. The lowest BCUT2D eigenvalue weighted by Gasteiger charge is -2.18. The summed E-state index contributed by atoms with van der Waals surface area (Å²) in [7, 11) is -4.36. The third-order valence-corrected chi connectivity index (χ3v) is 5.54. The van der Waals surface area contributed by atoms with Crippen molar-refractivity contribution in [3.8, 4) is 0 Å². The molecule has 1 aromatic rings. The van der Waals surface area contributed by atoms with Crippen LogP contribution in [0.25, 0.3) is 0 Å². The van der Waals surface area contributed by atoms with Gasteiger partial charge in [-0.25, -0.2) is 8.78 Å². The molecule has 1 saturated carbocycles. The number of hydrogen-bond donors (Lipinski definition) is 0. The Balaban J connectivity index is 2.09. The van der Waals surface area contributed by atoms with Crippen LogP contribution in [0.3, 0.4) is 0 Å². The van der Waals surface area contributed by atoms with Gasteiger partial charge in [0.2, 0.25) is 0 Å². The molecule has 4 nitrogen and oxygen atoms in total. The SMILES string of the molecule is O=C1CCCCC1SOS(=O)(=O)c1ccc(F)cc1F. The molecule has 20 heavy (non-hydrogen) atoms. The van der Waals surface area contributed by atoms with Crippen molar-refractivity contribution in [3.63, 3.8) is 0 Å². The van der Waals surface area contributed by atoms with Gasteiger partial charge in [0.15, 0.2) is 0 Å². The molecule has 2 rings (SSSR count). The molecule has 0 radical (unpaired) electrons. The Morgan fingerprint density at radius 1 is 1.25 bits per heavy atom. The van der Waals surface area contributed by atoms with Gasteiger partial charge in [0.05, 0.1) is 5.25 Å². The number of ketones is 1. The second kappa shape index (κ2) is 6.19. The highest BCUT2D eigenvalue weighted by molar-refractivity contribution is 8.05. The highest BCUT2D eigenvalue weighted by atomic mass is 32.3. The van der Waals surface area contributed by atoms with Crippen LogP contribution in [0.5, 0.6) is 0 Å². The van der Waals surface area contributed by atoms with E-state index in [4.69, 9.17) is 0 Å².